The van der Waals surface area contributed by atoms with E-state index < -0.39 is 26.8 Å². The molecular weight excluding hydrogens is 207 g/mol. The number of hydrogen-bond donors (Lipinski definition) is 2. The zero-order valence-electron chi connectivity index (χ0n) is 5.45. The second-order valence-corrected chi connectivity index (χ2v) is 3.02. The van der Waals surface area contributed by atoms with E-state index in [9.17, 15) is 22.1 Å². The highest BCUT2D eigenvalue weighted by molar-refractivity contribution is 7.46. The SMILES string of the molecule is O=P(O)(O)OC(F)CC(F)(F)F. The Balaban J connectivity index is 3.91. The first-order valence-corrected chi connectivity index (χ1v) is 4.08. The number of phosphoric ester groups is 1. The van der Waals surface area contributed by atoms with Crippen molar-refractivity contribution in [2.24, 2.45) is 0 Å². The predicted molar refractivity (Wildman–Crippen MR) is 28.7 cm³/mol. The van der Waals surface area contributed by atoms with Gasteiger partial charge in [-0.1, -0.05) is 0 Å². The zero-order chi connectivity index (χ0) is 9.99. The minimum absolute atomic E-state index is 2.04. The molecule has 9 heteroatoms. The fourth-order valence-corrected chi connectivity index (χ4v) is 0.741. The third-order valence-electron chi connectivity index (χ3n) is 0.644. The van der Waals surface area contributed by atoms with Gasteiger partial charge >= 0.3 is 14.0 Å². The first-order valence-electron chi connectivity index (χ1n) is 2.55. The van der Waals surface area contributed by atoms with Crippen LogP contribution in [0.25, 0.3) is 0 Å². The van der Waals surface area contributed by atoms with E-state index in [1.165, 1.54) is 0 Å². The van der Waals surface area contributed by atoms with E-state index in [0.717, 1.165) is 0 Å². The predicted octanol–water partition coefficient (Wildman–Crippen LogP) is 1.34. The summed E-state index contributed by atoms with van der Waals surface area (Å²) in [4.78, 5) is 15.7. The zero-order valence-corrected chi connectivity index (χ0v) is 6.35. The van der Waals surface area contributed by atoms with E-state index in [4.69, 9.17) is 9.79 Å². The molecule has 0 aliphatic rings. The molecule has 0 radical (unpaired) electrons. The van der Waals surface area contributed by atoms with Gasteiger partial charge in [0, 0.05) is 0 Å². The molecule has 0 heterocycles. The van der Waals surface area contributed by atoms with Crippen LogP contribution in [0.2, 0.25) is 0 Å². The van der Waals surface area contributed by atoms with Crippen LogP contribution in [0.3, 0.4) is 0 Å². The van der Waals surface area contributed by atoms with Gasteiger partial charge in [0.1, 0.15) is 6.42 Å². The highest BCUT2D eigenvalue weighted by atomic mass is 31.2. The topological polar surface area (TPSA) is 66.8 Å². The summed E-state index contributed by atoms with van der Waals surface area (Å²) in [6.07, 6.45) is -9.93. The number of halogens is 4. The molecule has 0 bridgehead atoms. The Morgan fingerprint density at radius 1 is 1.42 bits per heavy atom. The molecule has 0 saturated heterocycles. The Hall–Kier alpha value is -0.170. The molecule has 0 aromatic carbocycles. The van der Waals surface area contributed by atoms with Gasteiger partial charge in [-0.2, -0.15) is 13.2 Å². The highest BCUT2D eigenvalue weighted by Gasteiger charge is 2.35. The molecule has 0 spiro atoms. The lowest BCUT2D eigenvalue weighted by Crippen LogP contribution is -2.17. The van der Waals surface area contributed by atoms with Crippen LogP contribution in [0, 0.1) is 0 Å². The van der Waals surface area contributed by atoms with Gasteiger partial charge in [0.25, 0.3) is 0 Å². The minimum atomic E-state index is -5.18. The fraction of sp³-hybridized carbons (Fsp3) is 1.00. The Morgan fingerprint density at radius 3 is 2.08 bits per heavy atom. The van der Waals surface area contributed by atoms with Gasteiger partial charge in [-0.3, -0.25) is 4.52 Å². The van der Waals surface area contributed by atoms with E-state index >= 15 is 0 Å². The van der Waals surface area contributed by atoms with E-state index in [-0.39, 0.29) is 0 Å². The summed E-state index contributed by atoms with van der Waals surface area (Å²) in [7, 11) is -5.18. The number of alkyl halides is 4. The smallest absolute Gasteiger partial charge is 0.303 e. The molecule has 1 unspecified atom stereocenters. The molecule has 2 N–H and O–H groups in total. The maximum atomic E-state index is 12.0. The summed E-state index contributed by atoms with van der Waals surface area (Å²) >= 11 is 0. The lowest BCUT2D eigenvalue weighted by atomic mass is 10.4. The van der Waals surface area contributed by atoms with Crippen molar-refractivity contribution in [1.29, 1.82) is 0 Å². The largest absolute Gasteiger partial charge is 0.472 e. The molecule has 1 atom stereocenters. The molecule has 0 fully saturated rings. The van der Waals surface area contributed by atoms with Crippen molar-refractivity contribution in [2.75, 3.05) is 0 Å². The van der Waals surface area contributed by atoms with E-state index in [0.29, 0.717) is 0 Å². The molecule has 74 valence electrons. The Morgan fingerprint density at radius 2 is 1.83 bits per heavy atom. The van der Waals surface area contributed by atoms with Crippen molar-refractivity contribution in [1.82, 2.24) is 0 Å². The van der Waals surface area contributed by atoms with E-state index in [2.05, 4.69) is 4.52 Å². The number of rotatable bonds is 3. The van der Waals surface area contributed by atoms with Crippen molar-refractivity contribution < 1.29 is 36.4 Å². The van der Waals surface area contributed by atoms with Crippen molar-refractivity contribution in [3.05, 3.63) is 0 Å². The molecule has 0 saturated carbocycles. The normalized spacial score (nSPS) is 16.2. The van der Waals surface area contributed by atoms with Gasteiger partial charge in [-0.25, -0.2) is 8.96 Å². The second kappa shape index (κ2) is 3.69. The van der Waals surface area contributed by atoms with Crippen molar-refractivity contribution in [3.8, 4) is 0 Å². The standard InChI is InChI=1S/C3H5F4O4P/c4-2(1-3(5,6)7)11-12(8,9)10/h2H,1H2,(H2,8,9,10). The average molecular weight is 212 g/mol. The highest BCUT2D eigenvalue weighted by Crippen LogP contribution is 2.40. The monoisotopic (exact) mass is 212 g/mol. The molecule has 4 nitrogen and oxygen atoms in total. The van der Waals surface area contributed by atoms with Crippen molar-refractivity contribution in [2.45, 2.75) is 19.0 Å². The summed E-state index contributed by atoms with van der Waals surface area (Å²) in [5.74, 6) is 0. The van der Waals surface area contributed by atoms with Crippen LogP contribution in [0.1, 0.15) is 6.42 Å². The summed E-state index contributed by atoms with van der Waals surface area (Å²) in [6, 6.07) is 0. The lowest BCUT2D eigenvalue weighted by molar-refractivity contribution is -0.168. The van der Waals surface area contributed by atoms with Crippen LogP contribution in [0.15, 0.2) is 0 Å². The first-order chi connectivity index (χ1) is 5.10. The quantitative estimate of drug-likeness (QED) is 0.547. The summed E-state index contributed by atoms with van der Waals surface area (Å²) in [5, 5.41) is 0. The van der Waals surface area contributed by atoms with Crippen molar-refractivity contribution >= 4 is 7.82 Å². The van der Waals surface area contributed by atoms with E-state index in [1.807, 2.05) is 0 Å². The fourth-order valence-electron chi connectivity index (χ4n) is 0.368. The van der Waals surface area contributed by atoms with E-state index in [1.54, 1.807) is 0 Å². The number of hydrogen-bond acceptors (Lipinski definition) is 2. The second-order valence-electron chi connectivity index (χ2n) is 1.83. The maximum Gasteiger partial charge on any atom is 0.472 e. The Bertz CT molecular complexity index is 185. The van der Waals surface area contributed by atoms with Crippen LogP contribution in [0.5, 0.6) is 0 Å². The van der Waals surface area contributed by atoms with Crippen LogP contribution >= 0.6 is 7.82 Å². The number of phosphoric acid groups is 1. The third kappa shape index (κ3) is 7.93. The van der Waals surface area contributed by atoms with Gasteiger partial charge in [0.15, 0.2) is 0 Å². The van der Waals surface area contributed by atoms with Crippen LogP contribution in [0.4, 0.5) is 17.6 Å². The molecule has 0 amide bonds. The lowest BCUT2D eigenvalue weighted by Gasteiger charge is -2.11. The molecular formula is C3H5F4O4P. The molecule has 0 aliphatic carbocycles. The first kappa shape index (κ1) is 11.8. The Kier molecular flexibility index (Phi) is 3.64. The van der Waals surface area contributed by atoms with Gasteiger partial charge < -0.3 is 9.79 Å². The molecule has 0 aromatic heterocycles. The molecule has 0 aliphatic heterocycles. The average Bonchev–Trinajstić information content (AvgIpc) is 1.49. The van der Waals surface area contributed by atoms with Crippen LogP contribution < -0.4 is 0 Å². The summed E-state index contributed by atoms with van der Waals surface area (Å²) < 4.78 is 58.8. The Labute approximate surface area is 64.4 Å². The van der Waals surface area contributed by atoms with Crippen LogP contribution in [-0.2, 0) is 9.09 Å². The minimum Gasteiger partial charge on any atom is -0.303 e. The van der Waals surface area contributed by atoms with Crippen molar-refractivity contribution in [3.63, 3.8) is 0 Å². The van der Waals surface area contributed by atoms with Gasteiger partial charge in [0.05, 0.1) is 0 Å². The van der Waals surface area contributed by atoms with Gasteiger partial charge in [0.2, 0.25) is 6.36 Å². The molecule has 0 rings (SSSR count). The van der Waals surface area contributed by atoms with Crippen LogP contribution in [-0.4, -0.2) is 22.3 Å². The van der Waals surface area contributed by atoms with Gasteiger partial charge in [-0.15, -0.1) is 0 Å². The third-order valence-corrected chi connectivity index (χ3v) is 1.15. The molecule has 12 heavy (non-hydrogen) atoms. The van der Waals surface area contributed by atoms with Gasteiger partial charge in [-0.05, 0) is 0 Å². The molecule has 0 aromatic rings. The maximum absolute atomic E-state index is 12.0. The summed E-state index contributed by atoms with van der Waals surface area (Å²) in [6.45, 7) is 0. The summed E-state index contributed by atoms with van der Waals surface area (Å²) in [5.41, 5.74) is 0.